The standard InChI is InChI=1S/C15H12BrNO4/c1-9-6-12(16)8-14(17(19)20)15(9)21-13-5-3-4-11(7-13)10(2)18/h3-8H,1-2H3. The third-order valence-electron chi connectivity index (χ3n) is 2.88. The van der Waals surface area contributed by atoms with Crippen LogP contribution in [0.2, 0.25) is 0 Å². The molecule has 6 heteroatoms. The number of halogens is 1. The molecule has 0 spiro atoms. The number of aryl methyl sites for hydroxylation is 1. The molecule has 0 amide bonds. The molecule has 0 aliphatic carbocycles. The van der Waals surface area contributed by atoms with E-state index in [0.717, 1.165) is 0 Å². The van der Waals surface area contributed by atoms with Crippen LogP contribution in [0.1, 0.15) is 22.8 Å². The second-order valence-electron chi connectivity index (χ2n) is 4.51. The van der Waals surface area contributed by atoms with Crippen molar-refractivity contribution in [3.63, 3.8) is 0 Å². The average Bonchev–Trinajstić information content (AvgIpc) is 2.41. The molecular formula is C15H12BrNO4. The number of nitrogens with zero attached hydrogens (tertiary/aromatic N) is 1. The third-order valence-corrected chi connectivity index (χ3v) is 3.33. The van der Waals surface area contributed by atoms with Crippen molar-refractivity contribution in [2.24, 2.45) is 0 Å². The van der Waals surface area contributed by atoms with Gasteiger partial charge >= 0.3 is 5.69 Å². The maximum Gasteiger partial charge on any atom is 0.312 e. The molecule has 21 heavy (non-hydrogen) atoms. The predicted molar refractivity (Wildman–Crippen MR) is 82.1 cm³/mol. The lowest BCUT2D eigenvalue weighted by Gasteiger charge is -2.10. The average molecular weight is 350 g/mol. The largest absolute Gasteiger partial charge is 0.450 e. The number of carbonyl (C=O) groups is 1. The molecule has 5 nitrogen and oxygen atoms in total. The Kier molecular flexibility index (Phi) is 4.37. The molecule has 108 valence electrons. The summed E-state index contributed by atoms with van der Waals surface area (Å²) in [5.41, 5.74) is 0.990. The number of ether oxygens (including phenoxy) is 1. The van der Waals surface area contributed by atoms with Gasteiger partial charge in [-0.05, 0) is 37.6 Å². The molecule has 0 radical (unpaired) electrons. The van der Waals surface area contributed by atoms with Gasteiger partial charge in [0.15, 0.2) is 5.78 Å². The van der Waals surface area contributed by atoms with Crippen LogP contribution >= 0.6 is 15.9 Å². The summed E-state index contributed by atoms with van der Waals surface area (Å²) in [5.74, 6) is 0.461. The molecule has 0 bridgehead atoms. The second-order valence-corrected chi connectivity index (χ2v) is 5.43. The molecule has 0 aromatic heterocycles. The zero-order valence-corrected chi connectivity index (χ0v) is 13.0. The Morgan fingerprint density at radius 3 is 2.62 bits per heavy atom. The first-order valence-electron chi connectivity index (χ1n) is 6.12. The van der Waals surface area contributed by atoms with Crippen LogP contribution in [0, 0.1) is 17.0 Å². The fourth-order valence-electron chi connectivity index (χ4n) is 1.88. The van der Waals surface area contributed by atoms with Crippen molar-refractivity contribution in [1.82, 2.24) is 0 Å². The summed E-state index contributed by atoms with van der Waals surface area (Å²) in [6.45, 7) is 3.17. The first-order valence-corrected chi connectivity index (χ1v) is 6.91. The number of rotatable bonds is 4. The van der Waals surface area contributed by atoms with Crippen LogP contribution in [-0.4, -0.2) is 10.7 Å². The van der Waals surface area contributed by atoms with E-state index in [9.17, 15) is 14.9 Å². The van der Waals surface area contributed by atoms with Gasteiger partial charge in [-0.3, -0.25) is 14.9 Å². The smallest absolute Gasteiger partial charge is 0.312 e. The van der Waals surface area contributed by atoms with Crippen LogP contribution in [0.4, 0.5) is 5.69 Å². The van der Waals surface area contributed by atoms with E-state index in [1.807, 2.05) is 0 Å². The van der Waals surface area contributed by atoms with Gasteiger partial charge in [0.2, 0.25) is 5.75 Å². The second kappa shape index (κ2) is 6.05. The summed E-state index contributed by atoms with van der Waals surface area (Å²) in [4.78, 5) is 22.0. The molecule has 2 aromatic rings. The van der Waals surface area contributed by atoms with Crippen molar-refractivity contribution in [3.8, 4) is 11.5 Å². The van der Waals surface area contributed by atoms with Crippen LogP contribution in [-0.2, 0) is 0 Å². The number of hydrogen-bond acceptors (Lipinski definition) is 4. The summed E-state index contributed by atoms with van der Waals surface area (Å²) < 4.78 is 6.24. The quantitative estimate of drug-likeness (QED) is 0.457. The van der Waals surface area contributed by atoms with E-state index in [-0.39, 0.29) is 17.2 Å². The lowest BCUT2D eigenvalue weighted by Crippen LogP contribution is -1.97. The number of benzene rings is 2. The minimum Gasteiger partial charge on any atom is -0.450 e. The van der Waals surface area contributed by atoms with E-state index in [4.69, 9.17) is 4.74 Å². The van der Waals surface area contributed by atoms with E-state index in [0.29, 0.717) is 21.3 Å². The third kappa shape index (κ3) is 3.46. The molecule has 0 fully saturated rings. The maximum atomic E-state index is 11.4. The Labute approximate surface area is 129 Å². The van der Waals surface area contributed by atoms with Crippen LogP contribution in [0.3, 0.4) is 0 Å². The highest BCUT2D eigenvalue weighted by atomic mass is 79.9. The number of nitro benzene ring substituents is 1. The number of nitro groups is 1. The number of carbonyl (C=O) groups excluding carboxylic acids is 1. The van der Waals surface area contributed by atoms with E-state index in [1.54, 1.807) is 37.3 Å². The molecule has 0 atom stereocenters. The van der Waals surface area contributed by atoms with Crippen molar-refractivity contribution in [3.05, 3.63) is 62.1 Å². The molecule has 0 heterocycles. The Morgan fingerprint density at radius 2 is 2.00 bits per heavy atom. The van der Waals surface area contributed by atoms with Gasteiger partial charge in [0.25, 0.3) is 0 Å². The van der Waals surface area contributed by atoms with Gasteiger partial charge in [-0.2, -0.15) is 0 Å². The lowest BCUT2D eigenvalue weighted by molar-refractivity contribution is -0.385. The van der Waals surface area contributed by atoms with Crippen LogP contribution in [0.15, 0.2) is 40.9 Å². The Balaban J connectivity index is 2.46. The molecule has 0 N–H and O–H groups in total. The summed E-state index contributed by atoms with van der Waals surface area (Å²) in [7, 11) is 0. The molecule has 0 aliphatic rings. The number of hydrogen-bond donors (Lipinski definition) is 0. The topological polar surface area (TPSA) is 69.4 Å². The van der Waals surface area contributed by atoms with Crippen molar-refractivity contribution >= 4 is 27.4 Å². The van der Waals surface area contributed by atoms with Gasteiger partial charge in [0.1, 0.15) is 5.75 Å². The highest BCUT2D eigenvalue weighted by Gasteiger charge is 2.19. The van der Waals surface area contributed by atoms with E-state index >= 15 is 0 Å². The predicted octanol–water partition coefficient (Wildman–Crippen LogP) is 4.66. The zero-order chi connectivity index (χ0) is 15.6. The molecule has 2 aromatic carbocycles. The molecule has 0 saturated carbocycles. The fourth-order valence-corrected chi connectivity index (χ4v) is 2.44. The SMILES string of the molecule is CC(=O)c1cccc(Oc2c(C)cc(Br)cc2[N+](=O)[O-])c1. The van der Waals surface area contributed by atoms with Crippen molar-refractivity contribution in [2.45, 2.75) is 13.8 Å². The minimum atomic E-state index is -0.498. The van der Waals surface area contributed by atoms with Gasteiger partial charge in [-0.1, -0.05) is 28.1 Å². The van der Waals surface area contributed by atoms with Crippen LogP contribution < -0.4 is 4.74 Å². The lowest BCUT2D eigenvalue weighted by atomic mass is 10.1. The molecular weight excluding hydrogens is 338 g/mol. The van der Waals surface area contributed by atoms with Crippen molar-refractivity contribution in [2.75, 3.05) is 0 Å². The summed E-state index contributed by atoms with van der Waals surface area (Å²) in [6.07, 6.45) is 0. The van der Waals surface area contributed by atoms with Crippen molar-refractivity contribution in [1.29, 1.82) is 0 Å². The first-order chi connectivity index (χ1) is 9.88. The van der Waals surface area contributed by atoms with Gasteiger partial charge in [0, 0.05) is 16.1 Å². The van der Waals surface area contributed by atoms with E-state index in [1.165, 1.54) is 13.0 Å². The van der Waals surface area contributed by atoms with Gasteiger partial charge in [-0.25, -0.2) is 0 Å². The van der Waals surface area contributed by atoms with Crippen LogP contribution in [0.5, 0.6) is 11.5 Å². The normalized spacial score (nSPS) is 10.2. The molecule has 0 saturated heterocycles. The molecule has 2 rings (SSSR count). The first kappa shape index (κ1) is 15.2. The monoisotopic (exact) mass is 349 g/mol. The molecule has 0 unspecified atom stereocenters. The van der Waals surface area contributed by atoms with Gasteiger partial charge in [-0.15, -0.1) is 0 Å². The van der Waals surface area contributed by atoms with E-state index in [2.05, 4.69) is 15.9 Å². The number of ketones is 1. The highest BCUT2D eigenvalue weighted by Crippen LogP contribution is 2.37. The van der Waals surface area contributed by atoms with Crippen molar-refractivity contribution < 1.29 is 14.5 Å². The zero-order valence-electron chi connectivity index (χ0n) is 11.4. The van der Waals surface area contributed by atoms with Gasteiger partial charge < -0.3 is 4.74 Å². The van der Waals surface area contributed by atoms with Crippen LogP contribution in [0.25, 0.3) is 0 Å². The fraction of sp³-hybridized carbons (Fsp3) is 0.133. The Hall–Kier alpha value is -2.21. The summed E-state index contributed by atoms with van der Waals surface area (Å²) in [6, 6.07) is 9.67. The highest BCUT2D eigenvalue weighted by molar-refractivity contribution is 9.10. The minimum absolute atomic E-state index is 0.0949. The Morgan fingerprint density at radius 1 is 1.29 bits per heavy atom. The number of Topliss-reactive ketones (excluding diaryl/α,β-unsaturated/α-hetero) is 1. The summed E-state index contributed by atoms with van der Waals surface area (Å²) >= 11 is 3.23. The summed E-state index contributed by atoms with van der Waals surface area (Å²) in [5, 5.41) is 11.1. The molecule has 0 aliphatic heterocycles. The Bertz CT molecular complexity index is 728. The van der Waals surface area contributed by atoms with Gasteiger partial charge in [0.05, 0.1) is 4.92 Å². The van der Waals surface area contributed by atoms with E-state index < -0.39 is 4.92 Å². The maximum absolute atomic E-state index is 11.4.